The molecule has 2 heteroatoms. The van der Waals surface area contributed by atoms with E-state index in [2.05, 4.69) is 19.2 Å². The smallest absolute Gasteiger partial charge is 0.0805 e. The van der Waals surface area contributed by atoms with Crippen LogP contribution in [-0.2, 0) is 0 Å². The van der Waals surface area contributed by atoms with E-state index in [4.69, 9.17) is 0 Å². The molecular formula is C12H23NO. The van der Waals surface area contributed by atoms with Crippen molar-refractivity contribution in [1.29, 1.82) is 0 Å². The van der Waals surface area contributed by atoms with E-state index in [1.165, 1.54) is 19.3 Å². The minimum absolute atomic E-state index is 0.368. The van der Waals surface area contributed by atoms with Crippen LogP contribution in [0.1, 0.15) is 46.0 Å². The molecule has 0 amide bonds. The summed E-state index contributed by atoms with van der Waals surface area (Å²) in [6, 6.07) is 0.373. The van der Waals surface area contributed by atoms with Crippen LogP contribution in [0.2, 0.25) is 0 Å². The third-order valence-electron chi connectivity index (χ3n) is 4.14. The van der Waals surface area contributed by atoms with Gasteiger partial charge in [0, 0.05) is 6.04 Å². The number of hydrogen-bond acceptors (Lipinski definition) is 2. The van der Waals surface area contributed by atoms with Crippen molar-refractivity contribution in [3.63, 3.8) is 0 Å². The van der Waals surface area contributed by atoms with Crippen LogP contribution in [0.4, 0.5) is 0 Å². The van der Waals surface area contributed by atoms with Crippen LogP contribution in [0.25, 0.3) is 0 Å². The Morgan fingerprint density at radius 1 is 1.43 bits per heavy atom. The van der Waals surface area contributed by atoms with Crippen molar-refractivity contribution in [2.24, 2.45) is 11.8 Å². The van der Waals surface area contributed by atoms with Crippen LogP contribution in [0, 0.1) is 11.8 Å². The molecule has 1 saturated carbocycles. The number of hydrogen-bond donors (Lipinski definition) is 2. The molecule has 0 aromatic rings. The first-order chi connectivity index (χ1) is 6.64. The molecule has 0 aromatic heterocycles. The predicted octanol–water partition coefficient (Wildman–Crippen LogP) is 1.93. The fourth-order valence-corrected chi connectivity index (χ4v) is 3.21. The van der Waals surface area contributed by atoms with E-state index < -0.39 is 0 Å². The summed E-state index contributed by atoms with van der Waals surface area (Å²) in [7, 11) is 0. The molecule has 0 bridgehead atoms. The zero-order chi connectivity index (χ0) is 10.2. The maximum Gasteiger partial charge on any atom is 0.0805 e. The Labute approximate surface area is 87.1 Å². The Hall–Kier alpha value is -0.0800. The van der Waals surface area contributed by atoms with Crippen LogP contribution in [-0.4, -0.2) is 23.3 Å². The van der Waals surface area contributed by atoms with E-state index in [1.807, 2.05) is 0 Å². The van der Waals surface area contributed by atoms with Gasteiger partial charge in [0.15, 0.2) is 0 Å². The normalized spacial score (nSPS) is 48.6. The first kappa shape index (κ1) is 10.4. The summed E-state index contributed by atoms with van der Waals surface area (Å²) in [6.45, 7) is 5.59. The van der Waals surface area contributed by atoms with E-state index in [1.54, 1.807) is 0 Å². The Morgan fingerprint density at radius 3 is 2.71 bits per heavy atom. The van der Waals surface area contributed by atoms with Gasteiger partial charge in [0.25, 0.3) is 0 Å². The van der Waals surface area contributed by atoms with Gasteiger partial charge in [-0.1, -0.05) is 20.3 Å². The number of rotatable bonds is 2. The fraction of sp³-hybridized carbons (Fsp3) is 1.00. The second kappa shape index (κ2) is 3.82. The molecule has 1 saturated heterocycles. The zero-order valence-corrected chi connectivity index (χ0v) is 9.42. The van der Waals surface area contributed by atoms with Crippen molar-refractivity contribution in [2.75, 3.05) is 6.54 Å². The lowest BCUT2D eigenvalue weighted by Gasteiger charge is -2.50. The molecule has 2 aliphatic rings. The number of nitrogens with one attached hydrogen (secondary N) is 1. The van der Waals surface area contributed by atoms with Crippen LogP contribution in [0.3, 0.4) is 0 Å². The van der Waals surface area contributed by atoms with Crippen molar-refractivity contribution in [3.05, 3.63) is 0 Å². The van der Waals surface area contributed by atoms with Gasteiger partial charge in [-0.15, -0.1) is 0 Å². The van der Waals surface area contributed by atoms with E-state index in [-0.39, 0.29) is 5.60 Å². The lowest BCUT2D eigenvalue weighted by atomic mass is 9.65. The molecule has 82 valence electrons. The van der Waals surface area contributed by atoms with Gasteiger partial charge in [-0.25, -0.2) is 0 Å². The summed E-state index contributed by atoms with van der Waals surface area (Å²) < 4.78 is 0. The average Bonchev–Trinajstić information content (AvgIpc) is 2.16. The Balaban J connectivity index is 1.91. The topological polar surface area (TPSA) is 32.3 Å². The monoisotopic (exact) mass is 197 g/mol. The molecule has 0 spiro atoms. The van der Waals surface area contributed by atoms with Crippen molar-refractivity contribution < 1.29 is 5.11 Å². The van der Waals surface area contributed by atoms with Crippen LogP contribution in [0.15, 0.2) is 0 Å². The van der Waals surface area contributed by atoms with E-state index >= 15 is 0 Å². The molecule has 0 radical (unpaired) electrons. The Bertz CT molecular complexity index is 198. The maximum atomic E-state index is 10.4. The summed E-state index contributed by atoms with van der Waals surface area (Å²) in [4.78, 5) is 0. The van der Waals surface area contributed by atoms with E-state index in [0.717, 1.165) is 31.2 Å². The predicted molar refractivity (Wildman–Crippen MR) is 58.2 cm³/mol. The van der Waals surface area contributed by atoms with Crippen LogP contribution < -0.4 is 5.32 Å². The molecule has 1 aliphatic heterocycles. The number of piperidine rings is 1. The minimum Gasteiger partial charge on any atom is -0.388 e. The lowest BCUT2D eigenvalue weighted by Crippen LogP contribution is -2.60. The van der Waals surface area contributed by atoms with Crippen molar-refractivity contribution in [3.8, 4) is 0 Å². The molecule has 2 N–H and O–H groups in total. The first-order valence-corrected chi connectivity index (χ1v) is 6.10. The summed E-state index contributed by atoms with van der Waals surface area (Å²) >= 11 is 0. The molecule has 2 fully saturated rings. The molecule has 14 heavy (non-hydrogen) atoms. The van der Waals surface area contributed by atoms with Gasteiger partial charge >= 0.3 is 0 Å². The molecule has 2 atom stereocenters. The SMILES string of the molecule is CCC1CCNC(C2(O)CC(C)C2)C1. The van der Waals surface area contributed by atoms with E-state index in [9.17, 15) is 5.11 Å². The first-order valence-electron chi connectivity index (χ1n) is 6.10. The van der Waals surface area contributed by atoms with Crippen molar-refractivity contribution in [1.82, 2.24) is 5.32 Å². The number of aliphatic hydroxyl groups is 1. The molecule has 0 aromatic carbocycles. The molecule has 2 nitrogen and oxygen atoms in total. The third-order valence-corrected chi connectivity index (χ3v) is 4.14. The summed E-state index contributed by atoms with van der Waals surface area (Å²) in [6.07, 6.45) is 5.74. The standard InChI is InChI=1S/C12H23NO/c1-3-10-4-5-13-11(6-10)12(14)7-9(2)8-12/h9-11,13-14H,3-8H2,1-2H3. The highest BCUT2D eigenvalue weighted by Crippen LogP contribution is 2.42. The third kappa shape index (κ3) is 1.82. The highest BCUT2D eigenvalue weighted by Gasteiger charge is 2.47. The zero-order valence-electron chi connectivity index (χ0n) is 9.42. The highest BCUT2D eigenvalue weighted by molar-refractivity contribution is 5.02. The van der Waals surface area contributed by atoms with Crippen LogP contribution in [0.5, 0.6) is 0 Å². The molecule has 2 unspecified atom stereocenters. The molecule has 1 aliphatic carbocycles. The quantitative estimate of drug-likeness (QED) is 0.709. The van der Waals surface area contributed by atoms with Gasteiger partial charge in [0.1, 0.15) is 0 Å². The highest BCUT2D eigenvalue weighted by atomic mass is 16.3. The van der Waals surface area contributed by atoms with Crippen molar-refractivity contribution >= 4 is 0 Å². The summed E-state index contributed by atoms with van der Waals surface area (Å²) in [5.74, 6) is 1.56. The fourth-order valence-electron chi connectivity index (χ4n) is 3.21. The Morgan fingerprint density at radius 2 is 2.14 bits per heavy atom. The Kier molecular flexibility index (Phi) is 2.85. The van der Waals surface area contributed by atoms with Gasteiger partial charge in [-0.3, -0.25) is 0 Å². The van der Waals surface area contributed by atoms with Gasteiger partial charge in [0.2, 0.25) is 0 Å². The van der Waals surface area contributed by atoms with Gasteiger partial charge in [0.05, 0.1) is 5.60 Å². The second-order valence-electron chi connectivity index (χ2n) is 5.42. The van der Waals surface area contributed by atoms with Crippen LogP contribution >= 0.6 is 0 Å². The maximum absolute atomic E-state index is 10.4. The summed E-state index contributed by atoms with van der Waals surface area (Å²) in [5, 5.41) is 13.9. The van der Waals surface area contributed by atoms with E-state index in [0.29, 0.717) is 6.04 Å². The largest absolute Gasteiger partial charge is 0.388 e. The van der Waals surface area contributed by atoms with Gasteiger partial charge in [-0.2, -0.15) is 0 Å². The van der Waals surface area contributed by atoms with Crippen molar-refractivity contribution in [2.45, 2.75) is 57.6 Å². The van der Waals surface area contributed by atoms with Gasteiger partial charge < -0.3 is 10.4 Å². The average molecular weight is 197 g/mol. The van der Waals surface area contributed by atoms with Gasteiger partial charge in [-0.05, 0) is 44.1 Å². The lowest BCUT2D eigenvalue weighted by molar-refractivity contribution is -0.105. The molecular weight excluding hydrogens is 174 g/mol. The second-order valence-corrected chi connectivity index (χ2v) is 5.42. The minimum atomic E-state index is -0.368. The molecule has 2 rings (SSSR count). The summed E-state index contributed by atoms with van der Waals surface area (Å²) in [5.41, 5.74) is -0.368. The molecule has 1 heterocycles.